The average molecular weight is 318 g/mol. The van der Waals surface area contributed by atoms with Gasteiger partial charge in [-0.15, -0.1) is 0 Å². The molecule has 1 aromatic carbocycles. The topological polar surface area (TPSA) is 71.9 Å². The third-order valence-corrected chi connectivity index (χ3v) is 3.73. The molecular formula is C14H12BrN3O. The van der Waals surface area contributed by atoms with E-state index in [2.05, 4.69) is 27.0 Å². The van der Waals surface area contributed by atoms with E-state index in [4.69, 9.17) is 15.7 Å². The molecule has 0 bridgehead atoms. The fraction of sp³-hybridized carbons (Fsp3) is 0.143. The van der Waals surface area contributed by atoms with Gasteiger partial charge in [-0.05, 0) is 53.0 Å². The zero-order chi connectivity index (χ0) is 14.0. The Morgan fingerprint density at radius 1 is 1.37 bits per heavy atom. The van der Waals surface area contributed by atoms with Crippen LogP contribution in [0.25, 0.3) is 0 Å². The molecule has 0 aliphatic heterocycles. The molecule has 0 radical (unpaired) electrons. The van der Waals surface area contributed by atoms with Crippen molar-refractivity contribution in [1.82, 2.24) is 4.98 Å². The SMILES string of the molecule is Cc1ccc(C#N)cc1Oc1ncc(N)c(C)c1Br. The molecule has 0 saturated carbocycles. The first-order valence-electron chi connectivity index (χ1n) is 5.62. The van der Waals surface area contributed by atoms with Gasteiger partial charge in [0.25, 0.3) is 0 Å². The van der Waals surface area contributed by atoms with Crippen molar-refractivity contribution in [3.63, 3.8) is 0 Å². The lowest BCUT2D eigenvalue weighted by molar-refractivity contribution is 0.456. The predicted octanol–water partition coefficient (Wildman–Crippen LogP) is 3.71. The summed E-state index contributed by atoms with van der Waals surface area (Å²) in [5, 5.41) is 8.91. The van der Waals surface area contributed by atoms with E-state index in [1.54, 1.807) is 18.3 Å². The van der Waals surface area contributed by atoms with Crippen LogP contribution in [-0.4, -0.2) is 4.98 Å². The van der Waals surface area contributed by atoms with E-state index in [0.717, 1.165) is 11.1 Å². The summed E-state index contributed by atoms with van der Waals surface area (Å²) in [7, 11) is 0. The summed E-state index contributed by atoms with van der Waals surface area (Å²) >= 11 is 3.42. The van der Waals surface area contributed by atoms with E-state index in [-0.39, 0.29) is 0 Å². The third kappa shape index (κ3) is 2.69. The van der Waals surface area contributed by atoms with Crippen molar-refractivity contribution in [2.45, 2.75) is 13.8 Å². The van der Waals surface area contributed by atoms with Crippen LogP contribution in [0.15, 0.2) is 28.9 Å². The molecule has 4 nitrogen and oxygen atoms in total. The number of nitrogens with zero attached hydrogens (tertiary/aromatic N) is 2. The molecule has 0 atom stereocenters. The summed E-state index contributed by atoms with van der Waals surface area (Å²) in [5.74, 6) is 1.04. The van der Waals surface area contributed by atoms with Gasteiger partial charge in [0, 0.05) is 0 Å². The van der Waals surface area contributed by atoms with Crippen LogP contribution in [0.5, 0.6) is 11.6 Å². The number of nitrogens with two attached hydrogens (primary N) is 1. The van der Waals surface area contributed by atoms with Crippen molar-refractivity contribution >= 4 is 21.6 Å². The second kappa shape index (κ2) is 5.29. The highest BCUT2D eigenvalue weighted by Crippen LogP contribution is 2.33. The number of hydrogen-bond acceptors (Lipinski definition) is 4. The fourth-order valence-corrected chi connectivity index (χ4v) is 1.94. The van der Waals surface area contributed by atoms with E-state index in [0.29, 0.717) is 27.4 Å². The molecule has 0 spiro atoms. The van der Waals surface area contributed by atoms with Crippen molar-refractivity contribution in [1.29, 1.82) is 5.26 Å². The van der Waals surface area contributed by atoms with Gasteiger partial charge in [-0.25, -0.2) is 4.98 Å². The summed E-state index contributed by atoms with van der Waals surface area (Å²) in [5.41, 5.74) is 8.72. The minimum absolute atomic E-state index is 0.435. The molecule has 96 valence electrons. The molecule has 0 fully saturated rings. The lowest BCUT2D eigenvalue weighted by Gasteiger charge is -2.11. The first-order chi connectivity index (χ1) is 9.02. The number of rotatable bonds is 2. The van der Waals surface area contributed by atoms with Crippen LogP contribution in [0.4, 0.5) is 5.69 Å². The lowest BCUT2D eigenvalue weighted by atomic mass is 10.1. The molecule has 19 heavy (non-hydrogen) atoms. The molecule has 1 aromatic heterocycles. The molecular weight excluding hydrogens is 306 g/mol. The largest absolute Gasteiger partial charge is 0.438 e. The second-order valence-electron chi connectivity index (χ2n) is 4.15. The zero-order valence-electron chi connectivity index (χ0n) is 10.6. The van der Waals surface area contributed by atoms with Crippen molar-refractivity contribution in [2.75, 3.05) is 5.73 Å². The Morgan fingerprint density at radius 3 is 2.79 bits per heavy atom. The molecule has 0 aliphatic rings. The number of aryl methyl sites for hydroxylation is 1. The van der Waals surface area contributed by atoms with Crippen LogP contribution in [-0.2, 0) is 0 Å². The summed E-state index contributed by atoms with van der Waals surface area (Å²) in [6.45, 7) is 3.79. The van der Waals surface area contributed by atoms with E-state index < -0.39 is 0 Å². The first-order valence-corrected chi connectivity index (χ1v) is 6.41. The van der Waals surface area contributed by atoms with E-state index in [1.807, 2.05) is 19.9 Å². The lowest BCUT2D eigenvalue weighted by Crippen LogP contribution is -1.97. The maximum atomic E-state index is 8.91. The molecule has 0 saturated heterocycles. The molecule has 5 heteroatoms. The van der Waals surface area contributed by atoms with E-state index in [1.165, 1.54) is 0 Å². The molecule has 2 aromatic rings. The van der Waals surface area contributed by atoms with Crippen molar-refractivity contribution in [3.8, 4) is 17.7 Å². The van der Waals surface area contributed by atoms with E-state index in [9.17, 15) is 0 Å². The zero-order valence-corrected chi connectivity index (χ0v) is 12.2. The maximum absolute atomic E-state index is 8.91. The van der Waals surface area contributed by atoms with Gasteiger partial charge in [-0.2, -0.15) is 5.26 Å². The van der Waals surface area contributed by atoms with Crippen molar-refractivity contribution < 1.29 is 4.74 Å². The third-order valence-electron chi connectivity index (χ3n) is 2.79. The number of halogens is 1. The fourth-order valence-electron chi connectivity index (χ4n) is 1.52. The van der Waals surface area contributed by atoms with Crippen LogP contribution in [0.2, 0.25) is 0 Å². The number of pyridine rings is 1. The first kappa shape index (κ1) is 13.4. The molecule has 2 N–H and O–H groups in total. The molecule has 2 rings (SSSR count). The Balaban J connectivity index is 2.42. The van der Waals surface area contributed by atoms with Gasteiger partial charge < -0.3 is 10.5 Å². The summed E-state index contributed by atoms with van der Waals surface area (Å²) < 4.78 is 6.47. The highest BCUT2D eigenvalue weighted by molar-refractivity contribution is 9.10. The Morgan fingerprint density at radius 2 is 2.11 bits per heavy atom. The van der Waals surface area contributed by atoms with E-state index >= 15 is 0 Å². The Bertz CT molecular complexity index is 677. The van der Waals surface area contributed by atoms with Gasteiger partial charge in [-0.3, -0.25) is 0 Å². The molecule has 0 amide bonds. The molecule has 0 unspecified atom stereocenters. The summed E-state index contributed by atoms with van der Waals surface area (Å²) in [4.78, 5) is 4.15. The van der Waals surface area contributed by atoms with Crippen LogP contribution < -0.4 is 10.5 Å². The van der Waals surface area contributed by atoms with Crippen LogP contribution in [0.3, 0.4) is 0 Å². The van der Waals surface area contributed by atoms with Gasteiger partial charge in [0.05, 0.1) is 28.0 Å². The highest BCUT2D eigenvalue weighted by atomic mass is 79.9. The van der Waals surface area contributed by atoms with Crippen LogP contribution in [0, 0.1) is 25.2 Å². The number of ether oxygens (including phenoxy) is 1. The summed E-state index contributed by atoms with van der Waals surface area (Å²) in [6, 6.07) is 7.36. The number of nitriles is 1. The predicted molar refractivity (Wildman–Crippen MR) is 77.1 cm³/mol. The minimum Gasteiger partial charge on any atom is -0.438 e. The Kier molecular flexibility index (Phi) is 3.72. The summed E-state index contributed by atoms with van der Waals surface area (Å²) in [6.07, 6.45) is 1.55. The van der Waals surface area contributed by atoms with Gasteiger partial charge in [0.1, 0.15) is 5.75 Å². The van der Waals surface area contributed by atoms with Crippen molar-refractivity contribution in [2.24, 2.45) is 0 Å². The smallest absolute Gasteiger partial charge is 0.234 e. The quantitative estimate of drug-likeness (QED) is 0.916. The normalized spacial score (nSPS) is 10.0. The highest BCUT2D eigenvalue weighted by Gasteiger charge is 2.11. The maximum Gasteiger partial charge on any atom is 0.234 e. The van der Waals surface area contributed by atoms with Gasteiger partial charge in [-0.1, -0.05) is 6.07 Å². The van der Waals surface area contributed by atoms with Crippen LogP contribution in [0.1, 0.15) is 16.7 Å². The van der Waals surface area contributed by atoms with Gasteiger partial charge >= 0.3 is 0 Å². The van der Waals surface area contributed by atoms with Crippen molar-refractivity contribution in [3.05, 3.63) is 45.6 Å². The monoisotopic (exact) mass is 317 g/mol. The average Bonchev–Trinajstić information content (AvgIpc) is 2.41. The molecule has 0 aliphatic carbocycles. The standard InChI is InChI=1S/C14H12BrN3O/c1-8-3-4-10(6-16)5-12(8)19-14-13(15)9(2)11(17)7-18-14/h3-5,7H,17H2,1-2H3. The Hall–Kier alpha value is -2.06. The van der Waals surface area contributed by atoms with Crippen LogP contribution >= 0.6 is 15.9 Å². The number of nitrogen functional groups attached to an aromatic ring is 1. The Labute approximate surface area is 120 Å². The second-order valence-corrected chi connectivity index (χ2v) is 4.94. The number of aromatic nitrogens is 1. The molecule has 1 heterocycles. The number of hydrogen-bond donors (Lipinski definition) is 1. The van der Waals surface area contributed by atoms with Gasteiger partial charge in [0.2, 0.25) is 5.88 Å². The number of benzene rings is 1. The number of anilines is 1. The minimum atomic E-state index is 0.435. The van der Waals surface area contributed by atoms with Gasteiger partial charge in [0.15, 0.2) is 0 Å².